The standard InChI is InChI=1S/C19H14O3/c20-18-11-9-13(12-17(18)19(21)22)8-10-15-6-3-5-14-4-1-2-7-16(14)15/h1-12,20H,(H,21,22). The van der Waals surface area contributed by atoms with E-state index in [4.69, 9.17) is 5.11 Å². The Morgan fingerprint density at radius 2 is 1.68 bits per heavy atom. The van der Waals surface area contributed by atoms with E-state index in [2.05, 4.69) is 18.2 Å². The second-order valence-corrected chi connectivity index (χ2v) is 4.98. The number of carboxylic acids is 1. The first-order valence-electron chi connectivity index (χ1n) is 6.87. The third kappa shape index (κ3) is 2.69. The summed E-state index contributed by atoms with van der Waals surface area (Å²) in [4.78, 5) is 11.0. The number of carboxylic acid groups (broad SMARTS) is 1. The highest BCUT2D eigenvalue weighted by atomic mass is 16.4. The molecule has 0 saturated heterocycles. The van der Waals surface area contributed by atoms with Gasteiger partial charge >= 0.3 is 5.97 Å². The molecule has 0 aliphatic carbocycles. The third-order valence-corrected chi connectivity index (χ3v) is 3.53. The normalized spacial score (nSPS) is 11.1. The van der Waals surface area contributed by atoms with Crippen LogP contribution in [-0.4, -0.2) is 16.2 Å². The van der Waals surface area contributed by atoms with Crippen molar-refractivity contribution in [2.24, 2.45) is 0 Å². The SMILES string of the molecule is O=C(O)c1cc(C=Cc2cccc3ccccc23)ccc1O. The molecule has 3 rings (SSSR count). The summed E-state index contributed by atoms with van der Waals surface area (Å²) in [6, 6.07) is 18.7. The lowest BCUT2D eigenvalue weighted by Crippen LogP contribution is -1.96. The van der Waals surface area contributed by atoms with Crippen molar-refractivity contribution in [1.82, 2.24) is 0 Å². The Morgan fingerprint density at radius 3 is 2.50 bits per heavy atom. The average Bonchev–Trinajstić information content (AvgIpc) is 2.53. The number of rotatable bonds is 3. The van der Waals surface area contributed by atoms with E-state index in [0.29, 0.717) is 0 Å². The summed E-state index contributed by atoms with van der Waals surface area (Å²) >= 11 is 0. The molecule has 0 amide bonds. The van der Waals surface area contributed by atoms with Gasteiger partial charge in [0.05, 0.1) is 0 Å². The molecule has 0 aliphatic heterocycles. The van der Waals surface area contributed by atoms with Gasteiger partial charge in [-0.25, -0.2) is 4.79 Å². The van der Waals surface area contributed by atoms with Crippen LogP contribution in [0.2, 0.25) is 0 Å². The lowest BCUT2D eigenvalue weighted by molar-refractivity contribution is 0.0693. The minimum absolute atomic E-state index is 0.0972. The zero-order valence-electron chi connectivity index (χ0n) is 11.7. The van der Waals surface area contributed by atoms with Gasteiger partial charge in [-0.15, -0.1) is 0 Å². The van der Waals surface area contributed by atoms with E-state index >= 15 is 0 Å². The molecule has 3 nitrogen and oxygen atoms in total. The largest absolute Gasteiger partial charge is 0.507 e. The Hall–Kier alpha value is -3.07. The lowest BCUT2D eigenvalue weighted by Gasteiger charge is -2.03. The van der Waals surface area contributed by atoms with Crippen molar-refractivity contribution in [1.29, 1.82) is 0 Å². The fourth-order valence-electron chi connectivity index (χ4n) is 2.41. The van der Waals surface area contributed by atoms with Crippen molar-refractivity contribution in [3.05, 3.63) is 77.4 Å². The van der Waals surface area contributed by atoms with E-state index in [1.165, 1.54) is 12.1 Å². The predicted molar refractivity (Wildman–Crippen MR) is 87.9 cm³/mol. The van der Waals surface area contributed by atoms with Crippen molar-refractivity contribution in [2.45, 2.75) is 0 Å². The van der Waals surface area contributed by atoms with Gasteiger partial charge in [0.25, 0.3) is 0 Å². The first-order chi connectivity index (χ1) is 10.6. The Balaban J connectivity index is 2.00. The van der Waals surface area contributed by atoms with Crippen LogP contribution in [0.3, 0.4) is 0 Å². The molecule has 0 unspecified atom stereocenters. The maximum absolute atomic E-state index is 11.0. The quantitative estimate of drug-likeness (QED) is 0.702. The molecule has 3 aromatic rings. The van der Waals surface area contributed by atoms with Crippen LogP contribution in [0.15, 0.2) is 60.7 Å². The topological polar surface area (TPSA) is 57.5 Å². The molecular weight excluding hydrogens is 276 g/mol. The van der Waals surface area contributed by atoms with E-state index < -0.39 is 5.97 Å². The molecule has 0 aromatic heterocycles. The number of hydrogen-bond acceptors (Lipinski definition) is 2. The summed E-state index contributed by atoms with van der Waals surface area (Å²) in [5.41, 5.74) is 1.69. The van der Waals surface area contributed by atoms with Crippen LogP contribution in [0.5, 0.6) is 5.75 Å². The lowest BCUT2D eigenvalue weighted by atomic mass is 10.0. The number of aromatic hydroxyl groups is 1. The third-order valence-electron chi connectivity index (χ3n) is 3.53. The Labute approximate surface area is 127 Å². The van der Waals surface area contributed by atoms with Crippen LogP contribution in [0.1, 0.15) is 21.5 Å². The minimum Gasteiger partial charge on any atom is -0.507 e. The van der Waals surface area contributed by atoms with Gasteiger partial charge in [0.1, 0.15) is 11.3 Å². The zero-order chi connectivity index (χ0) is 15.5. The highest BCUT2D eigenvalue weighted by molar-refractivity contribution is 5.94. The number of aromatic carboxylic acids is 1. The highest BCUT2D eigenvalue weighted by Gasteiger charge is 2.08. The van der Waals surface area contributed by atoms with Crippen molar-refractivity contribution in [3.8, 4) is 5.75 Å². The summed E-state index contributed by atoms with van der Waals surface area (Å²) in [7, 11) is 0. The van der Waals surface area contributed by atoms with Crippen molar-refractivity contribution in [3.63, 3.8) is 0 Å². The van der Waals surface area contributed by atoms with Gasteiger partial charge < -0.3 is 10.2 Å². The van der Waals surface area contributed by atoms with Crippen LogP contribution in [0.4, 0.5) is 0 Å². The number of phenols is 1. The molecule has 0 atom stereocenters. The number of benzene rings is 3. The molecule has 108 valence electrons. The van der Waals surface area contributed by atoms with Gasteiger partial charge in [-0.05, 0) is 34.0 Å². The maximum Gasteiger partial charge on any atom is 0.339 e. The van der Waals surface area contributed by atoms with E-state index in [0.717, 1.165) is 21.9 Å². The summed E-state index contributed by atoms with van der Waals surface area (Å²) in [6.45, 7) is 0. The minimum atomic E-state index is -1.14. The molecule has 0 heterocycles. The molecule has 3 heteroatoms. The van der Waals surface area contributed by atoms with Gasteiger partial charge in [0, 0.05) is 0 Å². The first-order valence-corrected chi connectivity index (χ1v) is 6.87. The number of carbonyl (C=O) groups is 1. The zero-order valence-corrected chi connectivity index (χ0v) is 11.7. The van der Waals surface area contributed by atoms with Crippen LogP contribution >= 0.6 is 0 Å². The van der Waals surface area contributed by atoms with E-state index in [1.807, 2.05) is 36.4 Å². The van der Waals surface area contributed by atoms with Gasteiger partial charge in [-0.2, -0.15) is 0 Å². The molecular formula is C19H14O3. The summed E-state index contributed by atoms with van der Waals surface area (Å²) < 4.78 is 0. The molecule has 0 spiro atoms. The number of fused-ring (bicyclic) bond motifs is 1. The van der Waals surface area contributed by atoms with Crippen LogP contribution in [0, 0.1) is 0 Å². The molecule has 0 radical (unpaired) electrons. The van der Waals surface area contributed by atoms with Gasteiger partial charge in [0.15, 0.2) is 0 Å². The van der Waals surface area contributed by atoms with Crippen molar-refractivity contribution in [2.75, 3.05) is 0 Å². The van der Waals surface area contributed by atoms with Crippen LogP contribution in [0.25, 0.3) is 22.9 Å². The Kier molecular flexibility index (Phi) is 3.62. The maximum atomic E-state index is 11.0. The fourth-order valence-corrected chi connectivity index (χ4v) is 2.41. The summed E-state index contributed by atoms with van der Waals surface area (Å²) in [5.74, 6) is -1.37. The molecule has 3 aromatic carbocycles. The monoisotopic (exact) mass is 290 g/mol. The highest BCUT2D eigenvalue weighted by Crippen LogP contribution is 2.23. The fraction of sp³-hybridized carbons (Fsp3) is 0. The molecule has 0 fully saturated rings. The Bertz CT molecular complexity index is 873. The van der Waals surface area contributed by atoms with E-state index in [-0.39, 0.29) is 11.3 Å². The average molecular weight is 290 g/mol. The van der Waals surface area contributed by atoms with Gasteiger partial charge in [0.2, 0.25) is 0 Å². The van der Waals surface area contributed by atoms with Crippen LogP contribution < -0.4 is 0 Å². The summed E-state index contributed by atoms with van der Waals surface area (Å²) in [5, 5.41) is 20.9. The second-order valence-electron chi connectivity index (χ2n) is 4.98. The molecule has 0 saturated carbocycles. The smallest absolute Gasteiger partial charge is 0.339 e. The molecule has 2 N–H and O–H groups in total. The van der Waals surface area contributed by atoms with Crippen molar-refractivity contribution < 1.29 is 15.0 Å². The van der Waals surface area contributed by atoms with Crippen LogP contribution in [-0.2, 0) is 0 Å². The molecule has 0 aliphatic rings. The Morgan fingerprint density at radius 1 is 0.909 bits per heavy atom. The van der Waals surface area contributed by atoms with E-state index in [1.54, 1.807) is 6.07 Å². The van der Waals surface area contributed by atoms with Gasteiger partial charge in [-0.1, -0.05) is 60.7 Å². The van der Waals surface area contributed by atoms with Crippen molar-refractivity contribution >= 4 is 28.9 Å². The molecule has 22 heavy (non-hydrogen) atoms. The second kappa shape index (κ2) is 5.74. The predicted octanol–water partition coefficient (Wildman–Crippen LogP) is 4.41. The molecule has 0 bridgehead atoms. The number of hydrogen-bond donors (Lipinski definition) is 2. The first kappa shape index (κ1) is 13.9. The van der Waals surface area contributed by atoms with Gasteiger partial charge in [-0.3, -0.25) is 0 Å². The van der Waals surface area contributed by atoms with E-state index in [9.17, 15) is 9.90 Å². The summed E-state index contributed by atoms with van der Waals surface area (Å²) in [6.07, 6.45) is 3.79.